The molecule has 1 N–H and O–H groups in total. The third kappa shape index (κ3) is 4.51. The average Bonchev–Trinajstić information content (AvgIpc) is 2.96. The van der Waals surface area contributed by atoms with Gasteiger partial charge in [-0.15, -0.1) is 0 Å². The lowest BCUT2D eigenvalue weighted by Crippen LogP contribution is -2.44. The summed E-state index contributed by atoms with van der Waals surface area (Å²) in [5.74, 6) is -1.03. The first-order chi connectivity index (χ1) is 13.5. The monoisotopic (exact) mass is 411 g/mol. The number of nitro benzene ring substituents is 1. The van der Waals surface area contributed by atoms with Crippen LogP contribution in [0, 0.1) is 10.1 Å². The van der Waals surface area contributed by atoms with Crippen molar-refractivity contribution < 1.29 is 14.5 Å². The number of non-ortho nitro benzene ring substituents is 1. The van der Waals surface area contributed by atoms with E-state index in [4.69, 9.17) is 12.2 Å². The number of rotatable bonds is 5. The Hall–Kier alpha value is -3.30. The quantitative estimate of drug-likeness (QED) is 0.349. The number of carbonyl (C=O) groups excluding carboxylic acids is 2. The highest BCUT2D eigenvalue weighted by molar-refractivity contribution is 8.26. The van der Waals surface area contributed by atoms with Crippen molar-refractivity contribution in [2.24, 2.45) is 0 Å². The number of hydrogen-bond donors (Lipinski definition) is 1. The summed E-state index contributed by atoms with van der Waals surface area (Å²) in [5, 5.41) is 11.7. The fourth-order valence-electron chi connectivity index (χ4n) is 2.29. The molecule has 140 valence electrons. The van der Waals surface area contributed by atoms with Gasteiger partial charge < -0.3 is 0 Å². The van der Waals surface area contributed by atoms with Gasteiger partial charge in [0.25, 0.3) is 17.5 Å². The first kappa shape index (κ1) is 19.5. The molecule has 0 saturated carbocycles. The predicted octanol–water partition coefficient (Wildman–Crippen LogP) is 3.70. The van der Waals surface area contributed by atoms with Crippen molar-refractivity contribution in [1.82, 2.24) is 10.4 Å². The molecule has 0 bridgehead atoms. The van der Waals surface area contributed by atoms with E-state index in [1.807, 2.05) is 36.4 Å². The van der Waals surface area contributed by atoms with Crippen LogP contribution in [-0.4, -0.2) is 26.1 Å². The Balaban J connectivity index is 1.67. The molecule has 1 fully saturated rings. The van der Waals surface area contributed by atoms with Crippen molar-refractivity contribution in [3.8, 4) is 0 Å². The second-order valence-electron chi connectivity index (χ2n) is 5.55. The lowest BCUT2D eigenvalue weighted by atomic mass is 10.2. The number of thiocarbonyl (C=S) groups is 1. The fourth-order valence-corrected chi connectivity index (χ4v) is 3.42. The van der Waals surface area contributed by atoms with Crippen LogP contribution in [0.1, 0.15) is 15.9 Å². The Kier molecular flexibility index (Phi) is 5.97. The molecular formula is C19H13N3O4S2. The summed E-state index contributed by atoms with van der Waals surface area (Å²) in [5.41, 5.74) is 3.46. The lowest BCUT2D eigenvalue weighted by molar-refractivity contribution is -0.384. The third-order valence-corrected chi connectivity index (χ3v) is 5.00. The molecular weight excluding hydrogens is 398 g/mol. The van der Waals surface area contributed by atoms with Gasteiger partial charge >= 0.3 is 0 Å². The first-order valence-corrected chi connectivity index (χ1v) is 9.23. The lowest BCUT2D eigenvalue weighted by Gasteiger charge is -2.15. The zero-order valence-corrected chi connectivity index (χ0v) is 15.9. The maximum absolute atomic E-state index is 12.5. The second-order valence-corrected chi connectivity index (χ2v) is 7.23. The summed E-state index contributed by atoms with van der Waals surface area (Å²) in [6.07, 6.45) is 5.21. The van der Waals surface area contributed by atoms with Crippen LogP contribution in [0.15, 0.2) is 71.7 Å². The fraction of sp³-hybridized carbons (Fsp3) is 0. The SMILES string of the molecule is O=C(NN1C(=O)/C(=C\C=C/c2ccccc2)SC1=S)c1ccc([N+](=O)[O-])cc1. The normalized spacial score (nSPS) is 15.4. The van der Waals surface area contributed by atoms with E-state index in [0.29, 0.717) is 4.91 Å². The number of hydrogen-bond acceptors (Lipinski definition) is 6. The molecule has 9 heteroatoms. The van der Waals surface area contributed by atoms with Crippen LogP contribution in [0.3, 0.4) is 0 Å². The summed E-state index contributed by atoms with van der Waals surface area (Å²) in [7, 11) is 0. The minimum Gasteiger partial charge on any atom is -0.267 e. The van der Waals surface area contributed by atoms with Crippen molar-refractivity contribution in [2.45, 2.75) is 0 Å². The second kappa shape index (κ2) is 8.59. The standard InChI is InChI=1S/C19H13N3O4S2/c23-17(14-9-11-15(12-10-14)22(25)26)20-21-18(24)16(28-19(21)27)8-4-7-13-5-2-1-3-6-13/h1-12H,(H,20,23)/b7-4-,16-8+. The molecule has 2 aromatic rings. The van der Waals surface area contributed by atoms with Gasteiger partial charge in [0.15, 0.2) is 4.32 Å². The smallest absolute Gasteiger partial charge is 0.267 e. The molecule has 0 spiro atoms. The number of nitro groups is 1. The van der Waals surface area contributed by atoms with Crippen LogP contribution in [0.2, 0.25) is 0 Å². The average molecular weight is 411 g/mol. The number of carbonyl (C=O) groups is 2. The van der Waals surface area contributed by atoms with E-state index in [1.54, 1.807) is 12.2 Å². The molecule has 2 amide bonds. The van der Waals surface area contributed by atoms with Gasteiger partial charge in [-0.1, -0.05) is 54.2 Å². The molecule has 0 aliphatic carbocycles. The zero-order chi connectivity index (χ0) is 20.1. The molecule has 1 aliphatic rings. The largest absolute Gasteiger partial charge is 0.285 e. The molecule has 1 aliphatic heterocycles. The Morgan fingerprint density at radius 3 is 2.46 bits per heavy atom. The molecule has 1 heterocycles. The van der Waals surface area contributed by atoms with Crippen molar-refractivity contribution in [3.05, 3.63) is 92.9 Å². The van der Waals surface area contributed by atoms with E-state index in [1.165, 1.54) is 24.3 Å². The van der Waals surface area contributed by atoms with Crippen LogP contribution >= 0.6 is 24.0 Å². The van der Waals surface area contributed by atoms with Crippen LogP contribution in [0.4, 0.5) is 5.69 Å². The molecule has 0 radical (unpaired) electrons. The molecule has 7 nitrogen and oxygen atoms in total. The van der Waals surface area contributed by atoms with Gasteiger partial charge in [-0.3, -0.25) is 25.1 Å². The van der Waals surface area contributed by atoms with Crippen LogP contribution in [0.5, 0.6) is 0 Å². The molecule has 2 aromatic carbocycles. The number of allylic oxidation sites excluding steroid dienone is 2. The molecule has 0 aromatic heterocycles. The van der Waals surface area contributed by atoms with E-state index in [9.17, 15) is 19.7 Å². The first-order valence-electron chi connectivity index (χ1n) is 8.01. The van der Waals surface area contributed by atoms with Crippen molar-refractivity contribution in [2.75, 3.05) is 0 Å². The van der Waals surface area contributed by atoms with Gasteiger partial charge in [-0.2, -0.15) is 5.01 Å². The number of nitrogens with zero attached hydrogens (tertiary/aromatic N) is 2. The minimum atomic E-state index is -0.590. The zero-order valence-electron chi connectivity index (χ0n) is 14.3. The topological polar surface area (TPSA) is 92.6 Å². The van der Waals surface area contributed by atoms with Gasteiger partial charge in [0.05, 0.1) is 9.83 Å². The van der Waals surface area contributed by atoms with Gasteiger partial charge in [-0.25, -0.2) is 0 Å². The Bertz CT molecular complexity index is 1000. The molecule has 0 unspecified atom stereocenters. The van der Waals surface area contributed by atoms with Crippen LogP contribution < -0.4 is 5.43 Å². The van der Waals surface area contributed by atoms with Gasteiger partial charge in [0.2, 0.25) is 0 Å². The molecule has 0 atom stereocenters. The van der Waals surface area contributed by atoms with Gasteiger partial charge in [-0.05, 0) is 36.0 Å². The Labute approximate surface area is 169 Å². The summed E-state index contributed by atoms with van der Waals surface area (Å²) in [4.78, 5) is 35.3. The maximum atomic E-state index is 12.5. The third-order valence-electron chi connectivity index (χ3n) is 3.68. The van der Waals surface area contributed by atoms with E-state index in [0.717, 1.165) is 22.3 Å². The van der Waals surface area contributed by atoms with E-state index < -0.39 is 16.7 Å². The highest BCUT2D eigenvalue weighted by Gasteiger charge is 2.33. The van der Waals surface area contributed by atoms with Gasteiger partial charge in [0.1, 0.15) is 0 Å². The summed E-state index contributed by atoms with van der Waals surface area (Å²) < 4.78 is 0.194. The minimum absolute atomic E-state index is 0.129. The summed E-state index contributed by atoms with van der Waals surface area (Å²) in [6, 6.07) is 14.6. The molecule has 28 heavy (non-hydrogen) atoms. The van der Waals surface area contributed by atoms with Crippen molar-refractivity contribution in [1.29, 1.82) is 0 Å². The van der Waals surface area contributed by atoms with Crippen LogP contribution in [-0.2, 0) is 4.79 Å². The summed E-state index contributed by atoms with van der Waals surface area (Å²) >= 11 is 6.24. The predicted molar refractivity (Wildman–Crippen MR) is 111 cm³/mol. The van der Waals surface area contributed by atoms with E-state index in [2.05, 4.69) is 5.43 Å². The Morgan fingerprint density at radius 2 is 1.82 bits per heavy atom. The highest BCUT2D eigenvalue weighted by atomic mass is 32.2. The Morgan fingerprint density at radius 1 is 1.14 bits per heavy atom. The van der Waals surface area contributed by atoms with E-state index in [-0.39, 0.29) is 15.6 Å². The highest BCUT2D eigenvalue weighted by Crippen LogP contribution is 2.29. The number of amides is 2. The van der Waals surface area contributed by atoms with Gasteiger partial charge in [0, 0.05) is 17.7 Å². The number of hydrazine groups is 1. The van der Waals surface area contributed by atoms with Crippen LogP contribution in [0.25, 0.3) is 6.08 Å². The molecule has 1 saturated heterocycles. The van der Waals surface area contributed by atoms with Crippen molar-refractivity contribution in [3.63, 3.8) is 0 Å². The van der Waals surface area contributed by atoms with Crippen molar-refractivity contribution >= 4 is 51.9 Å². The number of benzene rings is 2. The number of thioether (sulfide) groups is 1. The van der Waals surface area contributed by atoms with E-state index >= 15 is 0 Å². The number of nitrogens with one attached hydrogen (secondary N) is 1. The summed E-state index contributed by atoms with van der Waals surface area (Å²) in [6.45, 7) is 0. The molecule has 3 rings (SSSR count). The maximum Gasteiger partial charge on any atom is 0.285 e.